The fourth-order valence-electron chi connectivity index (χ4n) is 3.31. The smallest absolute Gasteiger partial charge is 0.264 e. The first-order chi connectivity index (χ1) is 13.5. The first kappa shape index (κ1) is 21.0. The van der Waals surface area contributed by atoms with Gasteiger partial charge in [0.2, 0.25) is 0 Å². The summed E-state index contributed by atoms with van der Waals surface area (Å²) < 4.78 is 27.1. The number of fused-ring (bicyclic) bond motifs is 1. The van der Waals surface area contributed by atoms with E-state index in [0.29, 0.717) is 10.6 Å². The number of rotatable bonds is 5. The van der Waals surface area contributed by atoms with E-state index in [2.05, 4.69) is 0 Å². The van der Waals surface area contributed by atoms with Crippen molar-refractivity contribution >= 4 is 39.3 Å². The van der Waals surface area contributed by atoms with E-state index in [1.807, 2.05) is 4.72 Å². The van der Waals surface area contributed by atoms with Gasteiger partial charge in [0, 0.05) is 5.02 Å². The van der Waals surface area contributed by atoms with Crippen molar-refractivity contribution in [1.29, 1.82) is 0 Å². The van der Waals surface area contributed by atoms with Crippen LogP contribution in [0.4, 0.5) is 0 Å². The molecular formula is C20H19ClN2O5S. The number of imide groups is 1. The largest absolute Gasteiger partial charge is 0.272 e. The van der Waals surface area contributed by atoms with E-state index in [4.69, 9.17) is 11.6 Å². The molecule has 2 aromatic rings. The topological polar surface area (TPSA) is 101 Å². The second kappa shape index (κ2) is 7.61. The summed E-state index contributed by atoms with van der Waals surface area (Å²) in [6.07, 6.45) is 0. The van der Waals surface area contributed by atoms with Crippen molar-refractivity contribution in [2.45, 2.75) is 31.7 Å². The normalized spacial score (nSPS) is 14.9. The molecule has 3 amide bonds. The van der Waals surface area contributed by atoms with Crippen molar-refractivity contribution in [3.8, 4) is 0 Å². The summed E-state index contributed by atoms with van der Waals surface area (Å²) in [5, 5.41) is 0.344. The van der Waals surface area contributed by atoms with Crippen molar-refractivity contribution in [3.05, 3.63) is 64.2 Å². The Morgan fingerprint density at radius 3 is 2.21 bits per heavy atom. The van der Waals surface area contributed by atoms with Crippen LogP contribution < -0.4 is 4.72 Å². The van der Waals surface area contributed by atoms with E-state index in [-0.39, 0.29) is 16.0 Å². The molecule has 9 heteroatoms. The van der Waals surface area contributed by atoms with Crippen LogP contribution in [0.2, 0.25) is 5.02 Å². The van der Waals surface area contributed by atoms with Crippen LogP contribution in [0.5, 0.6) is 0 Å². The molecule has 1 unspecified atom stereocenters. The molecule has 7 nitrogen and oxygen atoms in total. The molecule has 0 fully saturated rings. The van der Waals surface area contributed by atoms with Gasteiger partial charge in [-0.1, -0.05) is 37.6 Å². The molecule has 1 N–H and O–H groups in total. The monoisotopic (exact) mass is 434 g/mol. The Labute approximate surface area is 173 Å². The molecule has 0 saturated heterocycles. The SMILES string of the molecule is Cc1cccc2c1C(=O)N(C(C(=O)NS(=O)(=O)c1ccc(Cl)cc1)C(C)C)C2=O. The van der Waals surface area contributed by atoms with Crippen molar-refractivity contribution < 1.29 is 22.8 Å². The number of benzene rings is 2. The van der Waals surface area contributed by atoms with Crippen LogP contribution in [0.25, 0.3) is 0 Å². The third-order valence-electron chi connectivity index (χ3n) is 4.69. The summed E-state index contributed by atoms with van der Waals surface area (Å²) in [4.78, 5) is 39.3. The second-order valence-corrected chi connectivity index (χ2v) is 9.21. The zero-order valence-electron chi connectivity index (χ0n) is 16.0. The molecule has 1 heterocycles. The summed E-state index contributed by atoms with van der Waals surface area (Å²) in [7, 11) is -4.20. The lowest BCUT2D eigenvalue weighted by atomic mass is 10.0. The van der Waals surface area contributed by atoms with Crippen LogP contribution in [0.15, 0.2) is 47.4 Å². The molecule has 0 radical (unpaired) electrons. The molecule has 2 aromatic carbocycles. The Morgan fingerprint density at radius 2 is 1.66 bits per heavy atom. The van der Waals surface area contributed by atoms with Crippen LogP contribution in [-0.4, -0.2) is 37.1 Å². The Bertz CT molecular complexity index is 1110. The van der Waals surface area contributed by atoms with Crippen LogP contribution in [0.3, 0.4) is 0 Å². The van der Waals surface area contributed by atoms with E-state index >= 15 is 0 Å². The van der Waals surface area contributed by atoms with Gasteiger partial charge in [-0.2, -0.15) is 0 Å². The molecule has 152 valence electrons. The van der Waals surface area contributed by atoms with E-state index in [1.165, 1.54) is 30.3 Å². The number of sulfonamides is 1. The van der Waals surface area contributed by atoms with Crippen LogP contribution in [-0.2, 0) is 14.8 Å². The highest BCUT2D eigenvalue weighted by molar-refractivity contribution is 7.90. The zero-order chi connectivity index (χ0) is 21.5. The number of halogens is 1. The van der Waals surface area contributed by atoms with Crippen molar-refractivity contribution in [3.63, 3.8) is 0 Å². The average molecular weight is 435 g/mol. The Balaban J connectivity index is 1.94. The average Bonchev–Trinajstić information content (AvgIpc) is 2.88. The number of amides is 3. The van der Waals surface area contributed by atoms with Crippen molar-refractivity contribution in [1.82, 2.24) is 9.62 Å². The molecule has 0 aromatic heterocycles. The van der Waals surface area contributed by atoms with Crippen LogP contribution in [0, 0.1) is 12.8 Å². The standard InChI is InChI=1S/C20H19ClN2O5S/c1-11(2)17(18(24)22-29(27,28)14-9-7-13(21)8-10-14)23-19(25)15-6-4-5-12(3)16(15)20(23)26/h4-11,17H,1-3H3,(H,22,24). The highest BCUT2D eigenvalue weighted by atomic mass is 35.5. The van der Waals surface area contributed by atoms with E-state index < -0.39 is 39.7 Å². The maximum absolute atomic E-state index is 12.9. The van der Waals surface area contributed by atoms with Gasteiger partial charge < -0.3 is 0 Å². The maximum Gasteiger partial charge on any atom is 0.264 e. The zero-order valence-corrected chi connectivity index (χ0v) is 17.5. The summed E-state index contributed by atoms with van der Waals surface area (Å²) in [5.41, 5.74) is 1.05. The van der Waals surface area contributed by atoms with E-state index in [0.717, 1.165) is 4.90 Å². The number of hydrogen-bond donors (Lipinski definition) is 1. The van der Waals surface area contributed by atoms with Gasteiger partial charge in [-0.15, -0.1) is 0 Å². The van der Waals surface area contributed by atoms with Gasteiger partial charge in [-0.05, 0) is 48.7 Å². The van der Waals surface area contributed by atoms with Gasteiger partial charge in [0.1, 0.15) is 6.04 Å². The predicted molar refractivity (Wildman–Crippen MR) is 107 cm³/mol. The minimum Gasteiger partial charge on any atom is -0.272 e. The van der Waals surface area contributed by atoms with Gasteiger partial charge in [0.25, 0.3) is 27.7 Å². The maximum atomic E-state index is 12.9. The minimum absolute atomic E-state index is 0.157. The second-order valence-electron chi connectivity index (χ2n) is 7.09. The third-order valence-corrected chi connectivity index (χ3v) is 6.31. The number of hydrogen-bond acceptors (Lipinski definition) is 5. The molecule has 0 saturated carbocycles. The Morgan fingerprint density at radius 1 is 1.03 bits per heavy atom. The van der Waals surface area contributed by atoms with E-state index in [9.17, 15) is 22.8 Å². The fourth-order valence-corrected chi connectivity index (χ4v) is 4.43. The lowest BCUT2D eigenvalue weighted by Gasteiger charge is -2.28. The first-order valence-electron chi connectivity index (χ1n) is 8.84. The molecule has 1 aliphatic heterocycles. The van der Waals surface area contributed by atoms with Gasteiger partial charge in [0.05, 0.1) is 16.0 Å². The fraction of sp³-hybridized carbons (Fsp3) is 0.250. The molecular weight excluding hydrogens is 416 g/mol. The lowest BCUT2D eigenvalue weighted by Crippen LogP contribution is -2.53. The molecule has 29 heavy (non-hydrogen) atoms. The van der Waals surface area contributed by atoms with Crippen LogP contribution in [0.1, 0.15) is 40.1 Å². The number of carbonyl (C=O) groups excluding carboxylic acids is 3. The first-order valence-corrected chi connectivity index (χ1v) is 10.7. The Hall–Kier alpha value is -2.71. The Kier molecular flexibility index (Phi) is 5.51. The molecule has 0 spiro atoms. The summed E-state index contributed by atoms with van der Waals surface area (Å²) in [6, 6.07) is 8.86. The number of nitrogens with one attached hydrogen (secondary N) is 1. The summed E-state index contributed by atoms with van der Waals surface area (Å²) in [5.74, 6) is -2.70. The lowest BCUT2D eigenvalue weighted by molar-refractivity contribution is -0.124. The highest BCUT2D eigenvalue weighted by Crippen LogP contribution is 2.29. The predicted octanol–water partition coefficient (Wildman–Crippen LogP) is 2.77. The molecule has 1 aliphatic rings. The van der Waals surface area contributed by atoms with Crippen molar-refractivity contribution in [2.75, 3.05) is 0 Å². The van der Waals surface area contributed by atoms with Gasteiger partial charge in [-0.25, -0.2) is 13.1 Å². The minimum atomic E-state index is -4.20. The van der Waals surface area contributed by atoms with Gasteiger partial charge >= 0.3 is 0 Å². The van der Waals surface area contributed by atoms with Gasteiger partial charge in [-0.3, -0.25) is 19.3 Å². The third kappa shape index (κ3) is 3.77. The van der Waals surface area contributed by atoms with Crippen molar-refractivity contribution in [2.24, 2.45) is 5.92 Å². The number of carbonyl (C=O) groups is 3. The number of aryl methyl sites for hydroxylation is 1. The summed E-state index contributed by atoms with van der Waals surface area (Å²) >= 11 is 5.77. The quantitative estimate of drug-likeness (QED) is 0.729. The van der Waals surface area contributed by atoms with E-state index in [1.54, 1.807) is 32.9 Å². The van der Waals surface area contributed by atoms with Crippen LogP contribution >= 0.6 is 11.6 Å². The molecule has 0 aliphatic carbocycles. The van der Waals surface area contributed by atoms with Gasteiger partial charge in [0.15, 0.2) is 0 Å². The molecule has 0 bridgehead atoms. The number of nitrogens with zero attached hydrogens (tertiary/aromatic N) is 1. The highest BCUT2D eigenvalue weighted by Gasteiger charge is 2.45. The molecule has 3 rings (SSSR count). The molecule has 1 atom stereocenters. The summed E-state index contributed by atoms with van der Waals surface area (Å²) in [6.45, 7) is 4.97.